The van der Waals surface area contributed by atoms with Gasteiger partial charge in [-0.15, -0.1) is 0 Å². The number of nitrogens with one attached hydrogen (secondary N) is 1. The smallest absolute Gasteiger partial charge is 0.233 e. The number of amides is 2. The third-order valence-corrected chi connectivity index (χ3v) is 2.41. The molecule has 1 aliphatic rings. The molecule has 5 heteroatoms. The molecule has 1 fully saturated rings. The topological polar surface area (TPSA) is 75.4 Å². The first-order chi connectivity index (χ1) is 6.74. The normalized spacial score (nSPS) is 16.9. The molecule has 0 aromatic carbocycles. The quantitative estimate of drug-likeness (QED) is 0.373. The van der Waals surface area contributed by atoms with E-state index in [0.717, 1.165) is 19.4 Å². The summed E-state index contributed by atoms with van der Waals surface area (Å²) in [5.41, 5.74) is 2.07. The molecule has 0 unspecified atom stereocenters. The second-order valence-electron chi connectivity index (χ2n) is 3.51. The van der Waals surface area contributed by atoms with Crippen LogP contribution in [0.4, 0.5) is 0 Å². The van der Waals surface area contributed by atoms with Gasteiger partial charge in [-0.05, 0) is 19.3 Å². The maximum atomic E-state index is 11.3. The summed E-state index contributed by atoms with van der Waals surface area (Å²) in [5.74, 6) is 4.98. The molecule has 0 spiro atoms. The lowest BCUT2D eigenvalue weighted by atomic mass is 10.1. The molecular weight excluding hydrogens is 182 g/mol. The van der Waals surface area contributed by atoms with E-state index in [1.54, 1.807) is 0 Å². The average molecular weight is 199 g/mol. The third kappa shape index (κ3) is 3.33. The molecule has 0 aromatic heterocycles. The molecule has 0 radical (unpaired) electrons. The first-order valence-corrected chi connectivity index (χ1v) is 5.01. The number of nitrogens with zero attached hydrogens (tertiary/aromatic N) is 1. The van der Waals surface area contributed by atoms with Gasteiger partial charge in [0.1, 0.15) is 0 Å². The summed E-state index contributed by atoms with van der Waals surface area (Å²) in [6.45, 7) is 1.51. The van der Waals surface area contributed by atoms with Crippen LogP contribution in [0.1, 0.15) is 32.1 Å². The molecule has 1 saturated heterocycles. The standard InChI is InChI=1S/C9H17N3O2/c10-11-8(13)4-3-7-12-6-2-1-5-9(12)14/h1-7,10H2,(H,11,13). The van der Waals surface area contributed by atoms with Crippen LogP contribution in [0.25, 0.3) is 0 Å². The summed E-state index contributed by atoms with van der Waals surface area (Å²) in [5, 5.41) is 0. The minimum Gasteiger partial charge on any atom is -0.343 e. The Morgan fingerprint density at radius 2 is 2.29 bits per heavy atom. The number of likely N-dealkylation sites (tertiary alicyclic amines) is 1. The molecule has 1 heterocycles. The molecule has 0 aromatic rings. The highest BCUT2D eigenvalue weighted by atomic mass is 16.2. The Hall–Kier alpha value is -1.10. The first kappa shape index (κ1) is 11.0. The Kier molecular flexibility index (Phi) is 4.39. The SMILES string of the molecule is NNC(=O)CCCN1CCCCC1=O. The van der Waals surface area contributed by atoms with Crippen molar-refractivity contribution in [3.63, 3.8) is 0 Å². The maximum absolute atomic E-state index is 11.3. The van der Waals surface area contributed by atoms with Crippen LogP contribution in [0.2, 0.25) is 0 Å². The van der Waals surface area contributed by atoms with Gasteiger partial charge in [0.15, 0.2) is 0 Å². The number of hydrogen-bond donors (Lipinski definition) is 2. The second kappa shape index (κ2) is 5.59. The van der Waals surface area contributed by atoms with Crippen LogP contribution in [0.5, 0.6) is 0 Å². The van der Waals surface area contributed by atoms with E-state index < -0.39 is 0 Å². The number of nitrogens with two attached hydrogens (primary N) is 1. The molecule has 2 amide bonds. The zero-order chi connectivity index (χ0) is 10.4. The van der Waals surface area contributed by atoms with Crippen molar-refractivity contribution in [3.8, 4) is 0 Å². The maximum Gasteiger partial charge on any atom is 0.233 e. The van der Waals surface area contributed by atoms with Crippen molar-refractivity contribution in [1.82, 2.24) is 10.3 Å². The van der Waals surface area contributed by atoms with Crippen LogP contribution in [0, 0.1) is 0 Å². The Bertz CT molecular complexity index is 218. The van der Waals surface area contributed by atoms with E-state index in [-0.39, 0.29) is 11.8 Å². The van der Waals surface area contributed by atoms with E-state index in [4.69, 9.17) is 5.84 Å². The molecule has 0 aliphatic carbocycles. The van der Waals surface area contributed by atoms with Gasteiger partial charge in [0, 0.05) is 25.9 Å². The highest BCUT2D eigenvalue weighted by molar-refractivity contribution is 5.77. The lowest BCUT2D eigenvalue weighted by Crippen LogP contribution is -2.37. The van der Waals surface area contributed by atoms with Crippen molar-refractivity contribution in [3.05, 3.63) is 0 Å². The summed E-state index contributed by atoms with van der Waals surface area (Å²) < 4.78 is 0. The van der Waals surface area contributed by atoms with Crippen molar-refractivity contribution >= 4 is 11.8 Å². The van der Waals surface area contributed by atoms with Crippen molar-refractivity contribution in [2.75, 3.05) is 13.1 Å². The van der Waals surface area contributed by atoms with Gasteiger partial charge in [-0.3, -0.25) is 15.0 Å². The Morgan fingerprint density at radius 1 is 1.50 bits per heavy atom. The highest BCUT2D eigenvalue weighted by Crippen LogP contribution is 2.10. The van der Waals surface area contributed by atoms with E-state index in [2.05, 4.69) is 5.43 Å². The minimum atomic E-state index is -0.172. The van der Waals surface area contributed by atoms with E-state index in [0.29, 0.717) is 25.8 Å². The lowest BCUT2D eigenvalue weighted by molar-refractivity contribution is -0.133. The zero-order valence-electron chi connectivity index (χ0n) is 8.29. The Balaban J connectivity index is 2.16. The minimum absolute atomic E-state index is 0.172. The molecule has 1 rings (SSSR count). The first-order valence-electron chi connectivity index (χ1n) is 5.01. The molecular formula is C9H17N3O2. The molecule has 14 heavy (non-hydrogen) atoms. The van der Waals surface area contributed by atoms with Crippen LogP contribution < -0.4 is 11.3 Å². The van der Waals surface area contributed by atoms with Gasteiger partial charge in [-0.1, -0.05) is 0 Å². The molecule has 5 nitrogen and oxygen atoms in total. The van der Waals surface area contributed by atoms with E-state index in [9.17, 15) is 9.59 Å². The fourth-order valence-electron chi connectivity index (χ4n) is 1.60. The fraction of sp³-hybridized carbons (Fsp3) is 0.778. The summed E-state index contributed by atoms with van der Waals surface area (Å²) in [6.07, 6.45) is 3.81. The van der Waals surface area contributed by atoms with Crippen LogP contribution in [0.3, 0.4) is 0 Å². The van der Waals surface area contributed by atoms with Crippen LogP contribution in [0.15, 0.2) is 0 Å². The van der Waals surface area contributed by atoms with Gasteiger partial charge < -0.3 is 4.90 Å². The number of rotatable bonds is 4. The van der Waals surface area contributed by atoms with E-state index >= 15 is 0 Å². The molecule has 0 atom stereocenters. The number of carbonyl (C=O) groups is 2. The summed E-state index contributed by atoms with van der Waals surface area (Å²) in [6, 6.07) is 0. The summed E-state index contributed by atoms with van der Waals surface area (Å²) in [4.78, 5) is 24.0. The zero-order valence-corrected chi connectivity index (χ0v) is 8.29. The van der Waals surface area contributed by atoms with Gasteiger partial charge in [0.25, 0.3) is 0 Å². The van der Waals surface area contributed by atoms with Crippen LogP contribution >= 0.6 is 0 Å². The molecule has 1 aliphatic heterocycles. The molecule has 0 saturated carbocycles. The summed E-state index contributed by atoms with van der Waals surface area (Å²) in [7, 11) is 0. The number of hydrazine groups is 1. The van der Waals surface area contributed by atoms with E-state index in [1.807, 2.05) is 4.90 Å². The fourth-order valence-corrected chi connectivity index (χ4v) is 1.60. The van der Waals surface area contributed by atoms with E-state index in [1.165, 1.54) is 0 Å². The number of piperidine rings is 1. The number of carbonyl (C=O) groups excluding carboxylic acids is 2. The monoisotopic (exact) mass is 199 g/mol. The largest absolute Gasteiger partial charge is 0.343 e. The number of hydrogen-bond acceptors (Lipinski definition) is 3. The molecule has 0 bridgehead atoms. The van der Waals surface area contributed by atoms with Crippen molar-refractivity contribution < 1.29 is 9.59 Å². The van der Waals surface area contributed by atoms with Crippen LogP contribution in [-0.4, -0.2) is 29.8 Å². The summed E-state index contributed by atoms with van der Waals surface area (Å²) >= 11 is 0. The Morgan fingerprint density at radius 3 is 2.93 bits per heavy atom. The van der Waals surface area contributed by atoms with Gasteiger partial charge in [-0.2, -0.15) is 0 Å². The van der Waals surface area contributed by atoms with Gasteiger partial charge in [-0.25, -0.2) is 5.84 Å². The van der Waals surface area contributed by atoms with Crippen LogP contribution in [-0.2, 0) is 9.59 Å². The highest BCUT2D eigenvalue weighted by Gasteiger charge is 2.17. The second-order valence-corrected chi connectivity index (χ2v) is 3.51. The van der Waals surface area contributed by atoms with Gasteiger partial charge >= 0.3 is 0 Å². The predicted molar refractivity (Wildman–Crippen MR) is 52.0 cm³/mol. The van der Waals surface area contributed by atoms with Gasteiger partial charge in [0.2, 0.25) is 11.8 Å². The Labute approximate surface area is 83.6 Å². The average Bonchev–Trinajstić information content (AvgIpc) is 2.20. The molecule has 3 N–H and O–H groups in total. The van der Waals surface area contributed by atoms with Crippen molar-refractivity contribution in [2.45, 2.75) is 32.1 Å². The lowest BCUT2D eigenvalue weighted by Gasteiger charge is -2.26. The van der Waals surface area contributed by atoms with Gasteiger partial charge in [0.05, 0.1) is 0 Å². The predicted octanol–water partition coefficient (Wildman–Crippen LogP) is -0.231. The van der Waals surface area contributed by atoms with Crippen molar-refractivity contribution in [1.29, 1.82) is 0 Å². The van der Waals surface area contributed by atoms with Crippen molar-refractivity contribution in [2.24, 2.45) is 5.84 Å². The molecule has 80 valence electrons. The third-order valence-electron chi connectivity index (χ3n) is 2.41.